The molecule has 4 N–H and O–H groups in total. The summed E-state index contributed by atoms with van der Waals surface area (Å²) in [5.74, 6) is 1.02. The van der Waals surface area contributed by atoms with Crippen LogP contribution >= 0.6 is 0 Å². The highest BCUT2D eigenvalue weighted by Crippen LogP contribution is 2.41. The molecule has 0 bridgehead atoms. The van der Waals surface area contributed by atoms with Crippen LogP contribution in [0.15, 0.2) is 73.6 Å². The van der Waals surface area contributed by atoms with E-state index in [0.717, 1.165) is 24.0 Å². The molecule has 1 aliphatic carbocycles. The highest BCUT2D eigenvalue weighted by atomic mass is 16.3. The predicted octanol–water partition coefficient (Wildman–Crippen LogP) is 4.27. The number of nitrogens with two attached hydrogens (primary N) is 1. The molecule has 0 radical (unpaired) electrons. The Morgan fingerprint density at radius 2 is 1.83 bits per heavy atom. The zero-order chi connectivity index (χ0) is 21.3. The normalized spacial score (nSPS) is 21.5. The first kappa shape index (κ1) is 20.5. The molecule has 1 fully saturated rings. The minimum Gasteiger partial charge on any atom is -0.386 e. The molecule has 1 heterocycles. The summed E-state index contributed by atoms with van der Waals surface area (Å²) in [4.78, 5) is 4.20. The number of aliphatic hydroxyl groups excluding tert-OH is 2. The van der Waals surface area contributed by atoms with E-state index in [-0.39, 0.29) is 0 Å². The number of nitrogens with zero attached hydrogens (tertiary/aromatic N) is 2. The van der Waals surface area contributed by atoms with Crippen molar-refractivity contribution in [3.8, 4) is 11.1 Å². The van der Waals surface area contributed by atoms with Gasteiger partial charge in [-0.3, -0.25) is 0 Å². The van der Waals surface area contributed by atoms with Crippen molar-refractivity contribution >= 4 is 0 Å². The molecular weight excluding hydrogens is 374 g/mol. The van der Waals surface area contributed by atoms with Crippen LogP contribution in [0.5, 0.6) is 0 Å². The Bertz CT molecular complexity index is 1000. The highest BCUT2D eigenvalue weighted by Gasteiger charge is 2.29. The third-order valence-electron chi connectivity index (χ3n) is 6.10. The van der Waals surface area contributed by atoms with Gasteiger partial charge in [-0.2, -0.15) is 0 Å². The van der Waals surface area contributed by atoms with Gasteiger partial charge in [0.25, 0.3) is 0 Å². The fourth-order valence-corrected chi connectivity index (χ4v) is 4.38. The Labute approximate surface area is 177 Å². The summed E-state index contributed by atoms with van der Waals surface area (Å²) in [5, 5.41) is 21.0. The van der Waals surface area contributed by atoms with Crippen molar-refractivity contribution in [1.29, 1.82) is 0 Å². The molecule has 0 amide bonds. The number of rotatable bonds is 7. The van der Waals surface area contributed by atoms with Crippen LogP contribution in [0, 0.1) is 0 Å². The first-order chi connectivity index (χ1) is 14.5. The molecule has 30 heavy (non-hydrogen) atoms. The number of aliphatic hydroxyl groups is 2. The smallest absolute Gasteiger partial charge is 0.137 e. The van der Waals surface area contributed by atoms with Crippen molar-refractivity contribution in [3.05, 3.63) is 90.5 Å². The lowest BCUT2D eigenvalue weighted by Crippen LogP contribution is -2.34. The molecule has 5 nitrogen and oxygen atoms in total. The topological polar surface area (TPSA) is 84.3 Å². The molecule has 1 aliphatic rings. The van der Waals surface area contributed by atoms with E-state index in [9.17, 15) is 10.2 Å². The SMILES string of the molecule is C=CC(C(O)c1ccc(-c2ccccc2C2CC(N)C2)cc1)n1ccnc1C(C)O. The van der Waals surface area contributed by atoms with Crippen LogP contribution in [0.2, 0.25) is 0 Å². The van der Waals surface area contributed by atoms with Crippen LogP contribution in [-0.4, -0.2) is 25.8 Å². The first-order valence-electron chi connectivity index (χ1n) is 10.5. The lowest BCUT2D eigenvalue weighted by Gasteiger charge is -2.34. The molecule has 0 aliphatic heterocycles. The van der Waals surface area contributed by atoms with Crippen LogP contribution in [-0.2, 0) is 0 Å². The van der Waals surface area contributed by atoms with Crippen LogP contribution in [0.25, 0.3) is 11.1 Å². The number of benzene rings is 2. The molecule has 3 aromatic rings. The van der Waals surface area contributed by atoms with E-state index < -0.39 is 18.2 Å². The monoisotopic (exact) mass is 403 g/mol. The van der Waals surface area contributed by atoms with E-state index in [0.29, 0.717) is 17.8 Å². The van der Waals surface area contributed by atoms with E-state index in [1.54, 1.807) is 30.0 Å². The summed E-state index contributed by atoms with van der Waals surface area (Å²) in [6.07, 6.45) is 5.59. The Balaban J connectivity index is 1.59. The van der Waals surface area contributed by atoms with Gasteiger partial charge in [0.1, 0.15) is 18.0 Å². The molecule has 1 aromatic heterocycles. The van der Waals surface area contributed by atoms with Gasteiger partial charge in [0.05, 0.1) is 6.04 Å². The first-order valence-corrected chi connectivity index (χ1v) is 10.5. The van der Waals surface area contributed by atoms with Crippen LogP contribution in [0.4, 0.5) is 0 Å². The number of aromatic nitrogens is 2. The zero-order valence-corrected chi connectivity index (χ0v) is 17.2. The minimum absolute atomic E-state index is 0.311. The average Bonchev–Trinajstić information content (AvgIpc) is 3.22. The molecule has 4 rings (SSSR count). The highest BCUT2D eigenvalue weighted by molar-refractivity contribution is 5.68. The second-order valence-electron chi connectivity index (χ2n) is 8.18. The molecule has 0 saturated heterocycles. The molecule has 3 unspecified atom stereocenters. The van der Waals surface area contributed by atoms with Crippen molar-refractivity contribution in [2.75, 3.05) is 0 Å². The molecule has 156 valence electrons. The number of hydrogen-bond donors (Lipinski definition) is 3. The second-order valence-corrected chi connectivity index (χ2v) is 8.18. The Hall–Kier alpha value is -2.73. The maximum Gasteiger partial charge on any atom is 0.137 e. The van der Waals surface area contributed by atoms with E-state index in [1.165, 1.54) is 11.1 Å². The van der Waals surface area contributed by atoms with E-state index in [2.05, 4.69) is 48.0 Å². The minimum atomic E-state index is -0.803. The molecule has 0 spiro atoms. The quantitative estimate of drug-likeness (QED) is 0.515. The van der Waals surface area contributed by atoms with Gasteiger partial charge in [-0.05, 0) is 47.9 Å². The van der Waals surface area contributed by atoms with Crippen molar-refractivity contribution < 1.29 is 10.2 Å². The summed E-state index contributed by atoms with van der Waals surface area (Å²) < 4.78 is 1.77. The summed E-state index contributed by atoms with van der Waals surface area (Å²) in [6.45, 7) is 5.54. The fraction of sp³-hybridized carbons (Fsp3) is 0.320. The lowest BCUT2D eigenvalue weighted by molar-refractivity contribution is 0.123. The number of imidazole rings is 1. The van der Waals surface area contributed by atoms with Gasteiger partial charge in [0.2, 0.25) is 0 Å². The molecule has 2 aromatic carbocycles. The van der Waals surface area contributed by atoms with Crippen LogP contribution in [0.3, 0.4) is 0 Å². The number of hydrogen-bond acceptors (Lipinski definition) is 4. The average molecular weight is 404 g/mol. The van der Waals surface area contributed by atoms with Gasteiger partial charge >= 0.3 is 0 Å². The maximum absolute atomic E-state index is 11.0. The Morgan fingerprint density at radius 1 is 1.13 bits per heavy atom. The Kier molecular flexibility index (Phi) is 5.86. The standard InChI is InChI=1S/C25H29N3O2/c1-3-23(28-13-12-27-25(28)16(2)29)24(30)18-10-8-17(9-11-18)21-6-4-5-7-22(21)19-14-20(26)15-19/h3-13,16,19-20,23-24,29-30H,1,14-15,26H2,2H3. The second kappa shape index (κ2) is 8.56. The predicted molar refractivity (Wildman–Crippen MR) is 119 cm³/mol. The van der Waals surface area contributed by atoms with Gasteiger partial charge in [-0.25, -0.2) is 4.98 Å². The Morgan fingerprint density at radius 3 is 2.47 bits per heavy atom. The largest absolute Gasteiger partial charge is 0.386 e. The van der Waals surface area contributed by atoms with Crippen LogP contribution < -0.4 is 5.73 Å². The van der Waals surface area contributed by atoms with E-state index in [1.807, 2.05) is 12.1 Å². The molecule has 5 heteroatoms. The van der Waals surface area contributed by atoms with Gasteiger partial charge in [-0.1, -0.05) is 54.6 Å². The third kappa shape index (κ3) is 3.84. The van der Waals surface area contributed by atoms with Crippen molar-refractivity contribution in [3.63, 3.8) is 0 Å². The third-order valence-corrected chi connectivity index (χ3v) is 6.10. The van der Waals surface area contributed by atoms with Crippen LogP contribution in [0.1, 0.15) is 60.9 Å². The zero-order valence-electron chi connectivity index (χ0n) is 17.2. The molecular formula is C25H29N3O2. The summed E-state index contributed by atoms with van der Waals surface area (Å²) in [7, 11) is 0. The van der Waals surface area contributed by atoms with Crippen molar-refractivity contribution in [2.24, 2.45) is 5.73 Å². The lowest BCUT2D eigenvalue weighted by atomic mass is 9.74. The summed E-state index contributed by atoms with van der Waals surface area (Å²) in [5.41, 5.74) is 10.5. The van der Waals surface area contributed by atoms with Gasteiger partial charge in [0.15, 0.2) is 0 Å². The van der Waals surface area contributed by atoms with E-state index in [4.69, 9.17) is 5.73 Å². The van der Waals surface area contributed by atoms with Gasteiger partial charge < -0.3 is 20.5 Å². The van der Waals surface area contributed by atoms with E-state index >= 15 is 0 Å². The molecule has 1 saturated carbocycles. The van der Waals surface area contributed by atoms with Crippen molar-refractivity contribution in [2.45, 2.75) is 50.0 Å². The summed E-state index contributed by atoms with van der Waals surface area (Å²) in [6, 6.07) is 16.4. The fourth-order valence-electron chi connectivity index (χ4n) is 4.38. The molecule has 3 atom stereocenters. The van der Waals surface area contributed by atoms with Gasteiger partial charge in [0, 0.05) is 18.4 Å². The van der Waals surface area contributed by atoms with Gasteiger partial charge in [-0.15, -0.1) is 6.58 Å². The van der Waals surface area contributed by atoms with Crippen molar-refractivity contribution in [1.82, 2.24) is 9.55 Å². The summed E-state index contributed by atoms with van der Waals surface area (Å²) >= 11 is 0. The maximum atomic E-state index is 11.0.